The molecule has 6 heteroatoms. The first-order valence-electron chi connectivity index (χ1n) is 7.10. The molecule has 4 nitrogen and oxygen atoms in total. The third-order valence-electron chi connectivity index (χ3n) is 2.50. The summed E-state index contributed by atoms with van der Waals surface area (Å²) in [5.41, 5.74) is 2.04. The minimum Gasteiger partial charge on any atom is -0.309 e. The maximum Gasteiger partial charge on any atom is 0.113 e. The van der Waals surface area contributed by atoms with Crippen LogP contribution in [0.1, 0.15) is 13.8 Å². The summed E-state index contributed by atoms with van der Waals surface area (Å²) in [5.74, 6) is 1.95. The quantitative estimate of drug-likeness (QED) is 0.570. The Kier molecular flexibility index (Phi) is 9.21. The van der Waals surface area contributed by atoms with Crippen molar-refractivity contribution in [2.45, 2.75) is 19.7 Å². The van der Waals surface area contributed by atoms with Gasteiger partial charge in [-0.15, -0.1) is 5.10 Å². The normalized spacial score (nSPS) is 10.3. The van der Waals surface area contributed by atoms with E-state index in [9.17, 15) is 0 Å². The molecule has 0 atom stereocenters. The SMILES string of the molecule is CC.CN(C)CCSSCn1cc(-c2ccccc2)nn1. The zero-order valence-corrected chi connectivity index (χ0v) is 14.8. The third-order valence-corrected chi connectivity index (χ3v) is 4.70. The number of benzene rings is 1. The van der Waals surface area contributed by atoms with Crippen molar-refractivity contribution in [3.63, 3.8) is 0 Å². The van der Waals surface area contributed by atoms with Gasteiger partial charge in [0.2, 0.25) is 0 Å². The van der Waals surface area contributed by atoms with Crippen molar-refractivity contribution >= 4 is 21.6 Å². The van der Waals surface area contributed by atoms with Crippen molar-refractivity contribution < 1.29 is 0 Å². The molecule has 0 saturated heterocycles. The molecule has 0 amide bonds. The number of aromatic nitrogens is 3. The van der Waals surface area contributed by atoms with E-state index in [0.717, 1.165) is 29.4 Å². The van der Waals surface area contributed by atoms with Crippen molar-refractivity contribution in [2.24, 2.45) is 0 Å². The smallest absolute Gasteiger partial charge is 0.113 e. The van der Waals surface area contributed by atoms with Crippen LogP contribution in [0.2, 0.25) is 0 Å². The summed E-state index contributed by atoms with van der Waals surface area (Å²) >= 11 is 0. The van der Waals surface area contributed by atoms with Crippen LogP contribution in [0.4, 0.5) is 0 Å². The van der Waals surface area contributed by atoms with Crippen molar-refractivity contribution in [1.29, 1.82) is 0 Å². The molecule has 21 heavy (non-hydrogen) atoms. The van der Waals surface area contributed by atoms with Gasteiger partial charge in [-0.3, -0.25) is 0 Å². The molecule has 0 N–H and O–H groups in total. The first kappa shape index (κ1) is 18.1. The van der Waals surface area contributed by atoms with E-state index in [0.29, 0.717) is 0 Å². The highest BCUT2D eigenvalue weighted by Crippen LogP contribution is 2.23. The van der Waals surface area contributed by atoms with Crippen LogP contribution in [0, 0.1) is 0 Å². The van der Waals surface area contributed by atoms with Gasteiger partial charge in [-0.25, -0.2) is 4.68 Å². The average Bonchev–Trinajstić information content (AvgIpc) is 2.98. The Hall–Kier alpha value is -0.980. The van der Waals surface area contributed by atoms with E-state index in [1.54, 1.807) is 0 Å². The fourth-order valence-corrected chi connectivity index (χ4v) is 3.46. The minimum atomic E-state index is 0.831. The van der Waals surface area contributed by atoms with Gasteiger partial charge in [-0.05, 0) is 14.1 Å². The summed E-state index contributed by atoms with van der Waals surface area (Å²) in [7, 11) is 7.86. The number of hydrogen-bond donors (Lipinski definition) is 0. The van der Waals surface area contributed by atoms with Crippen LogP contribution < -0.4 is 0 Å². The van der Waals surface area contributed by atoms with Gasteiger partial charge in [-0.2, -0.15) is 0 Å². The van der Waals surface area contributed by atoms with Gasteiger partial charge in [0.25, 0.3) is 0 Å². The molecular formula is C15H24N4S2. The van der Waals surface area contributed by atoms with Crippen LogP contribution in [0.5, 0.6) is 0 Å². The Labute approximate surface area is 135 Å². The topological polar surface area (TPSA) is 34.0 Å². The van der Waals surface area contributed by atoms with Crippen LogP contribution >= 0.6 is 21.6 Å². The van der Waals surface area contributed by atoms with E-state index >= 15 is 0 Å². The fraction of sp³-hybridized carbons (Fsp3) is 0.467. The van der Waals surface area contributed by atoms with E-state index in [4.69, 9.17) is 0 Å². The van der Waals surface area contributed by atoms with Crippen LogP contribution in [-0.4, -0.2) is 46.3 Å². The van der Waals surface area contributed by atoms with Crippen LogP contribution in [0.3, 0.4) is 0 Å². The second kappa shape index (κ2) is 10.7. The average molecular weight is 325 g/mol. The third kappa shape index (κ3) is 7.02. The predicted octanol–water partition coefficient (Wildman–Crippen LogP) is 3.87. The molecule has 0 unspecified atom stereocenters. The number of nitrogens with zero attached hydrogens (tertiary/aromatic N) is 4. The molecule has 1 heterocycles. The molecule has 2 rings (SSSR count). The fourth-order valence-electron chi connectivity index (χ4n) is 1.47. The van der Waals surface area contributed by atoms with Gasteiger partial charge in [0, 0.05) is 17.9 Å². The summed E-state index contributed by atoms with van der Waals surface area (Å²) in [6, 6.07) is 10.1. The maximum atomic E-state index is 4.20. The van der Waals surface area contributed by atoms with Gasteiger partial charge in [0.05, 0.1) is 12.1 Å². The van der Waals surface area contributed by atoms with Gasteiger partial charge < -0.3 is 4.90 Å². The molecule has 0 aliphatic heterocycles. The number of hydrogen-bond acceptors (Lipinski definition) is 5. The van der Waals surface area contributed by atoms with Gasteiger partial charge >= 0.3 is 0 Å². The molecule has 0 radical (unpaired) electrons. The van der Waals surface area contributed by atoms with E-state index < -0.39 is 0 Å². The molecule has 1 aromatic heterocycles. The molecule has 0 spiro atoms. The van der Waals surface area contributed by atoms with Crippen molar-refractivity contribution in [2.75, 3.05) is 26.4 Å². The lowest BCUT2D eigenvalue weighted by molar-refractivity contribution is 0.438. The molecule has 116 valence electrons. The van der Waals surface area contributed by atoms with Crippen LogP contribution in [-0.2, 0) is 5.88 Å². The highest BCUT2D eigenvalue weighted by Gasteiger charge is 2.03. The largest absolute Gasteiger partial charge is 0.309 e. The first-order chi connectivity index (χ1) is 10.3. The van der Waals surface area contributed by atoms with E-state index in [-0.39, 0.29) is 0 Å². The Morgan fingerprint density at radius 1 is 1.10 bits per heavy atom. The highest BCUT2D eigenvalue weighted by atomic mass is 33.1. The summed E-state index contributed by atoms with van der Waals surface area (Å²) < 4.78 is 1.88. The van der Waals surface area contributed by atoms with E-state index in [2.05, 4.69) is 29.3 Å². The molecule has 2 aromatic rings. The van der Waals surface area contributed by atoms with Crippen molar-refractivity contribution in [3.8, 4) is 11.3 Å². The summed E-state index contributed by atoms with van der Waals surface area (Å²) in [4.78, 5) is 2.19. The number of rotatable bonds is 7. The summed E-state index contributed by atoms with van der Waals surface area (Å²) in [6.45, 7) is 5.10. The lowest BCUT2D eigenvalue weighted by Gasteiger charge is -2.07. The van der Waals surface area contributed by atoms with Gasteiger partial charge in [0.1, 0.15) is 5.69 Å². The summed E-state index contributed by atoms with van der Waals surface area (Å²) in [6.07, 6.45) is 1.99. The minimum absolute atomic E-state index is 0.831. The van der Waals surface area contributed by atoms with Crippen LogP contribution in [0.25, 0.3) is 11.3 Å². The molecular weight excluding hydrogens is 300 g/mol. The molecule has 0 fully saturated rings. The summed E-state index contributed by atoms with van der Waals surface area (Å²) in [5, 5.41) is 8.34. The van der Waals surface area contributed by atoms with Crippen molar-refractivity contribution in [3.05, 3.63) is 36.5 Å². The lowest BCUT2D eigenvalue weighted by atomic mass is 10.2. The molecule has 0 aliphatic carbocycles. The maximum absolute atomic E-state index is 4.20. The van der Waals surface area contributed by atoms with Crippen LogP contribution in [0.15, 0.2) is 36.5 Å². The monoisotopic (exact) mass is 324 g/mol. The second-order valence-corrected chi connectivity index (χ2v) is 6.93. The molecule has 1 aromatic carbocycles. The zero-order chi connectivity index (χ0) is 15.5. The standard InChI is InChI=1S/C13H18N4S2.C2H6/c1-16(2)8-9-18-19-11-17-10-13(14-15-17)12-6-4-3-5-7-12;1-2/h3-7,10H,8-9,11H2,1-2H3;1-2H3. The van der Waals surface area contributed by atoms with Crippen molar-refractivity contribution in [1.82, 2.24) is 19.9 Å². The Balaban J connectivity index is 0.00000106. The van der Waals surface area contributed by atoms with Gasteiger partial charge in [-0.1, -0.05) is 71.0 Å². The Bertz CT molecular complexity index is 485. The first-order valence-corrected chi connectivity index (χ1v) is 9.59. The molecule has 0 saturated carbocycles. The Morgan fingerprint density at radius 2 is 1.81 bits per heavy atom. The van der Waals surface area contributed by atoms with E-state index in [1.807, 2.05) is 76.6 Å². The molecule has 0 aliphatic rings. The Morgan fingerprint density at radius 3 is 2.48 bits per heavy atom. The molecule has 0 bridgehead atoms. The van der Waals surface area contributed by atoms with Gasteiger partial charge in [0.15, 0.2) is 0 Å². The predicted molar refractivity (Wildman–Crippen MR) is 95.4 cm³/mol. The van der Waals surface area contributed by atoms with E-state index in [1.165, 1.54) is 0 Å². The second-order valence-electron chi connectivity index (χ2n) is 4.38. The highest BCUT2D eigenvalue weighted by molar-refractivity contribution is 8.76. The zero-order valence-electron chi connectivity index (χ0n) is 13.2. The lowest BCUT2D eigenvalue weighted by Crippen LogP contribution is -2.14.